The summed E-state index contributed by atoms with van der Waals surface area (Å²) in [5.74, 6) is -0.495. The molecule has 0 spiro atoms. The SMILES string of the molecule is Cc1ccc(NC(=O)c2ccc(COc3ccc(F)cc3)o2)c(F)c1. The third kappa shape index (κ3) is 4.23. The van der Waals surface area contributed by atoms with Gasteiger partial charge in [-0.25, -0.2) is 8.78 Å². The van der Waals surface area contributed by atoms with E-state index in [1.165, 1.54) is 42.5 Å². The van der Waals surface area contributed by atoms with Crippen molar-refractivity contribution in [1.82, 2.24) is 0 Å². The van der Waals surface area contributed by atoms with E-state index < -0.39 is 11.7 Å². The number of carbonyl (C=O) groups excluding carboxylic acids is 1. The zero-order valence-electron chi connectivity index (χ0n) is 13.4. The lowest BCUT2D eigenvalue weighted by atomic mass is 10.2. The Balaban J connectivity index is 1.62. The van der Waals surface area contributed by atoms with Crippen molar-refractivity contribution in [3.8, 4) is 5.75 Å². The van der Waals surface area contributed by atoms with Gasteiger partial charge in [-0.15, -0.1) is 0 Å². The molecular weight excluding hydrogens is 328 g/mol. The van der Waals surface area contributed by atoms with E-state index in [4.69, 9.17) is 9.15 Å². The van der Waals surface area contributed by atoms with E-state index in [0.29, 0.717) is 11.5 Å². The van der Waals surface area contributed by atoms with Crippen molar-refractivity contribution < 1.29 is 22.7 Å². The fourth-order valence-corrected chi connectivity index (χ4v) is 2.17. The van der Waals surface area contributed by atoms with E-state index in [0.717, 1.165) is 5.56 Å². The third-order valence-electron chi connectivity index (χ3n) is 3.45. The Kier molecular flexibility index (Phi) is 4.79. The van der Waals surface area contributed by atoms with E-state index >= 15 is 0 Å². The topological polar surface area (TPSA) is 51.5 Å². The number of anilines is 1. The largest absolute Gasteiger partial charge is 0.486 e. The molecule has 1 N–H and O–H groups in total. The quantitative estimate of drug-likeness (QED) is 0.731. The van der Waals surface area contributed by atoms with Crippen LogP contribution in [0.5, 0.6) is 5.75 Å². The highest BCUT2D eigenvalue weighted by molar-refractivity contribution is 6.02. The highest BCUT2D eigenvalue weighted by atomic mass is 19.1. The number of halogens is 2. The van der Waals surface area contributed by atoms with Crippen LogP contribution in [-0.4, -0.2) is 5.91 Å². The van der Waals surface area contributed by atoms with Crippen LogP contribution in [0.2, 0.25) is 0 Å². The van der Waals surface area contributed by atoms with Gasteiger partial charge in [-0.3, -0.25) is 4.79 Å². The Morgan fingerprint density at radius 2 is 1.84 bits per heavy atom. The molecule has 128 valence electrons. The summed E-state index contributed by atoms with van der Waals surface area (Å²) in [6, 6.07) is 13.1. The van der Waals surface area contributed by atoms with Crippen LogP contribution in [-0.2, 0) is 6.61 Å². The number of hydrogen-bond donors (Lipinski definition) is 1. The van der Waals surface area contributed by atoms with Crippen molar-refractivity contribution in [3.05, 3.63) is 83.3 Å². The van der Waals surface area contributed by atoms with Gasteiger partial charge in [-0.1, -0.05) is 6.07 Å². The minimum atomic E-state index is -0.559. The minimum absolute atomic E-state index is 0.0395. The lowest BCUT2D eigenvalue weighted by Crippen LogP contribution is -2.12. The second-order valence-electron chi connectivity index (χ2n) is 5.45. The molecule has 3 aromatic rings. The second kappa shape index (κ2) is 7.17. The normalized spacial score (nSPS) is 10.5. The van der Waals surface area contributed by atoms with Crippen LogP contribution < -0.4 is 10.1 Å². The number of rotatable bonds is 5. The van der Waals surface area contributed by atoms with Gasteiger partial charge in [0.05, 0.1) is 5.69 Å². The van der Waals surface area contributed by atoms with E-state index in [1.54, 1.807) is 19.1 Å². The molecule has 0 bridgehead atoms. The Bertz CT molecular complexity index is 888. The molecule has 4 nitrogen and oxygen atoms in total. The number of furan rings is 1. The predicted molar refractivity (Wildman–Crippen MR) is 88.5 cm³/mol. The van der Waals surface area contributed by atoms with Crippen molar-refractivity contribution in [2.24, 2.45) is 0 Å². The van der Waals surface area contributed by atoms with Crippen LogP contribution in [0.1, 0.15) is 21.9 Å². The highest BCUT2D eigenvalue weighted by Gasteiger charge is 2.14. The summed E-state index contributed by atoms with van der Waals surface area (Å²) in [7, 11) is 0. The fourth-order valence-electron chi connectivity index (χ4n) is 2.17. The number of ether oxygens (including phenoxy) is 1. The zero-order valence-corrected chi connectivity index (χ0v) is 13.4. The van der Waals surface area contributed by atoms with Crippen LogP contribution in [0, 0.1) is 18.6 Å². The van der Waals surface area contributed by atoms with Gasteiger partial charge in [0.2, 0.25) is 0 Å². The molecule has 3 rings (SSSR count). The van der Waals surface area contributed by atoms with Crippen molar-refractivity contribution in [3.63, 3.8) is 0 Å². The van der Waals surface area contributed by atoms with Crippen molar-refractivity contribution >= 4 is 11.6 Å². The first-order valence-corrected chi connectivity index (χ1v) is 7.56. The van der Waals surface area contributed by atoms with Gasteiger partial charge in [-0.2, -0.15) is 0 Å². The number of carbonyl (C=O) groups is 1. The van der Waals surface area contributed by atoms with Crippen LogP contribution in [0.25, 0.3) is 0 Å². The number of aryl methyl sites for hydroxylation is 1. The maximum atomic E-state index is 13.8. The van der Waals surface area contributed by atoms with Crippen molar-refractivity contribution in [1.29, 1.82) is 0 Å². The summed E-state index contributed by atoms with van der Waals surface area (Å²) in [6.45, 7) is 1.84. The maximum Gasteiger partial charge on any atom is 0.291 e. The molecule has 2 aromatic carbocycles. The molecule has 0 aliphatic rings. The molecule has 1 amide bonds. The summed E-state index contributed by atoms with van der Waals surface area (Å²) in [4.78, 5) is 12.1. The van der Waals surface area contributed by atoms with Gasteiger partial charge in [0.25, 0.3) is 5.91 Å². The number of nitrogens with one attached hydrogen (secondary N) is 1. The van der Waals surface area contributed by atoms with E-state index in [2.05, 4.69) is 5.32 Å². The third-order valence-corrected chi connectivity index (χ3v) is 3.45. The smallest absolute Gasteiger partial charge is 0.291 e. The monoisotopic (exact) mass is 343 g/mol. The molecule has 0 saturated carbocycles. The van der Waals surface area contributed by atoms with Gasteiger partial charge in [0.15, 0.2) is 5.76 Å². The molecule has 0 fully saturated rings. The second-order valence-corrected chi connectivity index (χ2v) is 5.45. The van der Waals surface area contributed by atoms with Gasteiger partial charge < -0.3 is 14.5 Å². The molecule has 0 aliphatic carbocycles. The molecule has 1 heterocycles. The number of amides is 1. The summed E-state index contributed by atoms with van der Waals surface area (Å²) in [5, 5.41) is 2.46. The Morgan fingerprint density at radius 1 is 1.08 bits per heavy atom. The fraction of sp³-hybridized carbons (Fsp3) is 0.105. The Hall–Kier alpha value is -3.15. The summed E-state index contributed by atoms with van der Waals surface area (Å²) in [5.41, 5.74) is 0.838. The first-order chi connectivity index (χ1) is 12.0. The predicted octanol–water partition coefficient (Wildman–Crippen LogP) is 4.70. The molecule has 25 heavy (non-hydrogen) atoms. The molecule has 0 saturated heterocycles. The van der Waals surface area contributed by atoms with E-state index in [1.807, 2.05) is 0 Å². The molecule has 6 heteroatoms. The number of hydrogen-bond acceptors (Lipinski definition) is 3. The first kappa shape index (κ1) is 16.7. The highest BCUT2D eigenvalue weighted by Crippen LogP contribution is 2.18. The lowest BCUT2D eigenvalue weighted by Gasteiger charge is -2.06. The molecular formula is C19H15F2NO3. The summed E-state index contributed by atoms with van der Waals surface area (Å²) >= 11 is 0. The van der Waals surface area contributed by atoms with Crippen molar-refractivity contribution in [2.75, 3.05) is 5.32 Å². The minimum Gasteiger partial charge on any atom is -0.486 e. The lowest BCUT2D eigenvalue weighted by molar-refractivity contribution is 0.0992. The Morgan fingerprint density at radius 3 is 2.56 bits per heavy atom. The van der Waals surface area contributed by atoms with E-state index in [9.17, 15) is 13.6 Å². The Labute approximate surface area is 143 Å². The average Bonchev–Trinajstić information content (AvgIpc) is 3.06. The molecule has 0 atom stereocenters. The number of benzene rings is 2. The van der Waals surface area contributed by atoms with Crippen LogP contribution in [0.4, 0.5) is 14.5 Å². The van der Waals surface area contributed by atoms with Crippen LogP contribution in [0.15, 0.2) is 59.0 Å². The van der Waals surface area contributed by atoms with Gasteiger partial charge in [0.1, 0.15) is 29.8 Å². The summed E-state index contributed by atoms with van der Waals surface area (Å²) in [6.07, 6.45) is 0. The first-order valence-electron chi connectivity index (χ1n) is 7.56. The van der Waals surface area contributed by atoms with Gasteiger partial charge in [0, 0.05) is 0 Å². The molecule has 0 aliphatic heterocycles. The molecule has 0 unspecified atom stereocenters. The molecule has 1 aromatic heterocycles. The summed E-state index contributed by atoms with van der Waals surface area (Å²) < 4.78 is 37.4. The molecule has 0 radical (unpaired) electrons. The standard InChI is InChI=1S/C19H15F2NO3/c1-12-2-8-17(16(21)10-12)22-19(23)18-9-7-15(25-18)11-24-14-5-3-13(20)4-6-14/h2-10H,11H2,1H3,(H,22,23). The van der Waals surface area contributed by atoms with Gasteiger partial charge >= 0.3 is 0 Å². The maximum absolute atomic E-state index is 13.8. The van der Waals surface area contributed by atoms with Gasteiger partial charge in [-0.05, 0) is 61.0 Å². The van der Waals surface area contributed by atoms with E-state index in [-0.39, 0.29) is 23.9 Å². The zero-order chi connectivity index (χ0) is 17.8. The average molecular weight is 343 g/mol. The van der Waals surface area contributed by atoms with Crippen LogP contribution >= 0.6 is 0 Å². The van der Waals surface area contributed by atoms with Crippen LogP contribution in [0.3, 0.4) is 0 Å². The van der Waals surface area contributed by atoms with Crippen molar-refractivity contribution in [2.45, 2.75) is 13.5 Å².